The van der Waals surface area contributed by atoms with Crippen LogP contribution in [0.2, 0.25) is 0 Å². The molecule has 5 nitrogen and oxygen atoms in total. The SMILES string of the molecule is CC(=O)N1[C@@H](Cc2ccccc2)[C@@H]2C[C@@]3(C)[C@H](CCCC[C@@H]13)N2C(=O)c1scnc1C. The fraction of sp³-hybridized carbons (Fsp3) is 0.560. The number of carbonyl (C=O) groups excluding carboxylic acids is 2. The molecular formula is C25H31N3O2S. The molecule has 0 radical (unpaired) electrons. The van der Waals surface area contributed by atoms with E-state index in [2.05, 4.69) is 46.0 Å². The van der Waals surface area contributed by atoms with Crippen LogP contribution in [0.4, 0.5) is 0 Å². The van der Waals surface area contributed by atoms with Crippen molar-refractivity contribution in [3.8, 4) is 0 Å². The molecule has 0 unspecified atom stereocenters. The van der Waals surface area contributed by atoms with Crippen molar-refractivity contribution in [1.29, 1.82) is 0 Å². The summed E-state index contributed by atoms with van der Waals surface area (Å²) in [7, 11) is 0. The first-order valence-electron chi connectivity index (χ1n) is 11.5. The maximum Gasteiger partial charge on any atom is 0.266 e. The van der Waals surface area contributed by atoms with Crippen LogP contribution in [-0.2, 0) is 11.2 Å². The Morgan fingerprint density at radius 1 is 1.13 bits per heavy atom. The number of piperidine rings is 1. The number of fused-ring (bicyclic) bond motifs is 1. The van der Waals surface area contributed by atoms with Crippen molar-refractivity contribution in [1.82, 2.24) is 14.8 Å². The highest BCUT2D eigenvalue weighted by molar-refractivity contribution is 7.11. The molecule has 3 fully saturated rings. The molecule has 3 heterocycles. The van der Waals surface area contributed by atoms with Crippen LogP contribution in [0.15, 0.2) is 35.8 Å². The summed E-state index contributed by atoms with van der Waals surface area (Å²) in [4.78, 5) is 36.4. The molecule has 6 heteroatoms. The van der Waals surface area contributed by atoms with E-state index < -0.39 is 0 Å². The number of thiazole rings is 1. The second kappa shape index (κ2) is 7.73. The lowest BCUT2D eigenvalue weighted by Crippen LogP contribution is -2.61. The topological polar surface area (TPSA) is 53.5 Å². The monoisotopic (exact) mass is 437 g/mol. The summed E-state index contributed by atoms with van der Waals surface area (Å²) in [6.07, 6.45) is 6.06. The molecule has 5 atom stereocenters. The molecule has 2 bridgehead atoms. The lowest BCUT2D eigenvalue weighted by atomic mass is 9.69. The molecule has 1 aliphatic carbocycles. The molecule has 1 aromatic carbocycles. The van der Waals surface area contributed by atoms with E-state index in [-0.39, 0.29) is 41.4 Å². The first-order valence-corrected chi connectivity index (χ1v) is 12.4. The van der Waals surface area contributed by atoms with Crippen LogP contribution in [0.5, 0.6) is 0 Å². The van der Waals surface area contributed by atoms with Crippen molar-refractivity contribution in [3.63, 3.8) is 0 Å². The van der Waals surface area contributed by atoms with Gasteiger partial charge in [-0.25, -0.2) is 4.98 Å². The molecule has 1 saturated carbocycles. The Morgan fingerprint density at radius 2 is 1.81 bits per heavy atom. The molecule has 164 valence electrons. The van der Waals surface area contributed by atoms with E-state index in [1.54, 1.807) is 12.4 Å². The Morgan fingerprint density at radius 3 is 2.42 bits per heavy atom. The van der Waals surface area contributed by atoms with E-state index in [0.717, 1.165) is 49.1 Å². The van der Waals surface area contributed by atoms with Crippen LogP contribution in [0.3, 0.4) is 0 Å². The molecule has 2 aromatic rings. The minimum atomic E-state index is -0.0473. The average Bonchev–Trinajstić information content (AvgIpc) is 3.23. The molecule has 1 aromatic heterocycles. The molecule has 2 aliphatic heterocycles. The molecule has 0 N–H and O–H groups in total. The minimum absolute atomic E-state index is 0.0123. The van der Waals surface area contributed by atoms with Gasteiger partial charge in [-0.05, 0) is 38.2 Å². The molecule has 31 heavy (non-hydrogen) atoms. The van der Waals surface area contributed by atoms with E-state index in [4.69, 9.17) is 0 Å². The summed E-state index contributed by atoms with van der Waals surface area (Å²) < 4.78 is 0. The van der Waals surface area contributed by atoms with Gasteiger partial charge >= 0.3 is 0 Å². The van der Waals surface area contributed by atoms with Crippen molar-refractivity contribution >= 4 is 23.2 Å². The van der Waals surface area contributed by atoms with Crippen molar-refractivity contribution in [2.75, 3.05) is 0 Å². The van der Waals surface area contributed by atoms with Crippen molar-refractivity contribution in [3.05, 3.63) is 52.0 Å². The highest BCUT2D eigenvalue weighted by Crippen LogP contribution is 2.56. The Kier molecular flexibility index (Phi) is 5.16. The number of hydrogen-bond acceptors (Lipinski definition) is 4. The van der Waals surface area contributed by atoms with Crippen LogP contribution < -0.4 is 0 Å². The van der Waals surface area contributed by atoms with Crippen molar-refractivity contribution in [2.45, 2.75) is 83.5 Å². The maximum atomic E-state index is 13.9. The number of amides is 2. The van der Waals surface area contributed by atoms with E-state index in [1.165, 1.54) is 16.9 Å². The van der Waals surface area contributed by atoms with Gasteiger partial charge < -0.3 is 9.80 Å². The molecule has 5 rings (SSSR count). The van der Waals surface area contributed by atoms with Crippen LogP contribution in [0.1, 0.15) is 66.9 Å². The Hall–Kier alpha value is -2.21. The van der Waals surface area contributed by atoms with Crippen LogP contribution in [0.25, 0.3) is 0 Å². The molecule has 3 aliphatic rings. The van der Waals surface area contributed by atoms with E-state index in [9.17, 15) is 9.59 Å². The van der Waals surface area contributed by atoms with Gasteiger partial charge in [0.05, 0.1) is 23.3 Å². The number of rotatable bonds is 3. The summed E-state index contributed by atoms with van der Waals surface area (Å²) in [5.41, 5.74) is 3.76. The number of likely N-dealkylation sites (tertiary alicyclic amines) is 2. The lowest BCUT2D eigenvalue weighted by molar-refractivity contribution is -0.141. The zero-order chi connectivity index (χ0) is 21.8. The molecule has 2 amide bonds. The van der Waals surface area contributed by atoms with Gasteiger partial charge in [-0.1, -0.05) is 50.1 Å². The second-order valence-electron chi connectivity index (χ2n) is 9.76. The van der Waals surface area contributed by atoms with Crippen LogP contribution in [0, 0.1) is 12.3 Å². The normalized spacial score (nSPS) is 32.1. The summed E-state index contributed by atoms with van der Waals surface area (Å²) >= 11 is 1.44. The standard InChI is InChI=1S/C25H31N3O2S/c1-16-23(31-15-26-16)24(30)28-20-14-25(3)21(11-7-8-12-22(25)28)27(17(2)29)19(20)13-18-9-5-4-6-10-18/h4-6,9-10,15,19-22H,7-8,11-14H2,1-3H3/t19-,20-,21+,22-,25+/m0/s1. The van der Waals surface area contributed by atoms with Gasteiger partial charge in [0.25, 0.3) is 5.91 Å². The third-order valence-electron chi connectivity index (χ3n) is 8.03. The smallest absolute Gasteiger partial charge is 0.266 e. The fourth-order valence-electron chi connectivity index (χ4n) is 6.72. The van der Waals surface area contributed by atoms with E-state index >= 15 is 0 Å². The Labute approximate surface area is 188 Å². The van der Waals surface area contributed by atoms with Gasteiger partial charge in [-0.15, -0.1) is 11.3 Å². The van der Waals surface area contributed by atoms with Gasteiger partial charge in [-0.2, -0.15) is 0 Å². The highest BCUT2D eigenvalue weighted by Gasteiger charge is 2.63. The Balaban J connectivity index is 1.62. The number of aromatic nitrogens is 1. The zero-order valence-electron chi connectivity index (χ0n) is 18.6. The average molecular weight is 438 g/mol. The summed E-state index contributed by atoms with van der Waals surface area (Å²) in [5.74, 6) is 0.258. The summed E-state index contributed by atoms with van der Waals surface area (Å²) in [6.45, 7) is 5.97. The minimum Gasteiger partial charge on any atom is -0.334 e. The third kappa shape index (κ3) is 3.22. The predicted octanol–water partition coefficient (Wildman–Crippen LogP) is 4.46. The first-order chi connectivity index (χ1) is 14.9. The van der Waals surface area contributed by atoms with E-state index in [0.29, 0.717) is 0 Å². The van der Waals surface area contributed by atoms with Crippen molar-refractivity contribution in [2.24, 2.45) is 5.41 Å². The van der Waals surface area contributed by atoms with Gasteiger partial charge in [0, 0.05) is 24.4 Å². The molecule has 0 spiro atoms. The number of carbonyl (C=O) groups is 2. The third-order valence-corrected chi connectivity index (χ3v) is 8.95. The maximum absolute atomic E-state index is 13.9. The lowest BCUT2D eigenvalue weighted by Gasteiger charge is -2.50. The summed E-state index contributed by atoms with van der Waals surface area (Å²) in [5, 5.41) is 0. The van der Waals surface area contributed by atoms with Gasteiger partial charge in [0.2, 0.25) is 5.91 Å². The first kappa shape index (κ1) is 20.7. The zero-order valence-corrected chi connectivity index (χ0v) is 19.4. The van der Waals surface area contributed by atoms with Crippen LogP contribution >= 0.6 is 11.3 Å². The Bertz CT molecular complexity index is 990. The number of nitrogens with zero attached hydrogens (tertiary/aromatic N) is 3. The summed E-state index contributed by atoms with van der Waals surface area (Å²) in [6, 6.07) is 10.9. The number of benzene rings is 1. The van der Waals surface area contributed by atoms with Gasteiger partial charge in [0.15, 0.2) is 0 Å². The fourth-order valence-corrected chi connectivity index (χ4v) is 7.47. The highest BCUT2D eigenvalue weighted by atomic mass is 32.1. The van der Waals surface area contributed by atoms with Gasteiger partial charge in [0.1, 0.15) is 4.88 Å². The predicted molar refractivity (Wildman–Crippen MR) is 122 cm³/mol. The quantitative estimate of drug-likeness (QED) is 0.713. The van der Waals surface area contributed by atoms with Crippen LogP contribution in [-0.4, -0.2) is 50.8 Å². The molecule has 2 saturated heterocycles. The second-order valence-corrected chi connectivity index (χ2v) is 10.6. The largest absolute Gasteiger partial charge is 0.334 e. The van der Waals surface area contributed by atoms with Gasteiger partial charge in [-0.3, -0.25) is 9.59 Å². The van der Waals surface area contributed by atoms with Crippen molar-refractivity contribution < 1.29 is 9.59 Å². The number of hydrogen-bond donors (Lipinski definition) is 0. The molecular weight excluding hydrogens is 406 g/mol. The van der Waals surface area contributed by atoms with E-state index in [1.807, 2.05) is 13.0 Å². The number of aryl methyl sites for hydroxylation is 1.